The van der Waals surface area contributed by atoms with E-state index >= 15 is 0 Å². The van der Waals surface area contributed by atoms with Gasteiger partial charge >= 0.3 is 0 Å². The minimum Gasteiger partial charge on any atom is -0.337 e. The molecule has 0 unspecified atom stereocenters. The lowest BCUT2D eigenvalue weighted by Crippen LogP contribution is -2.28. The fourth-order valence-corrected chi connectivity index (χ4v) is 1.27. The summed E-state index contributed by atoms with van der Waals surface area (Å²) >= 11 is 0. The third kappa shape index (κ3) is 5.02. The van der Waals surface area contributed by atoms with E-state index in [1.807, 2.05) is 18.7 Å². The van der Waals surface area contributed by atoms with E-state index < -0.39 is 0 Å². The fourth-order valence-electron chi connectivity index (χ4n) is 1.27. The van der Waals surface area contributed by atoms with Crippen LogP contribution >= 0.6 is 0 Å². The Morgan fingerprint density at radius 3 is 2.71 bits per heavy atom. The molecular formula is C11H21N3. The minimum atomic E-state index is 0.384. The maximum Gasteiger partial charge on any atom is 0.0945 e. The van der Waals surface area contributed by atoms with Gasteiger partial charge in [0.2, 0.25) is 0 Å². The van der Waals surface area contributed by atoms with Gasteiger partial charge in [-0.15, -0.1) is 0 Å². The van der Waals surface area contributed by atoms with E-state index in [-0.39, 0.29) is 0 Å². The number of hydrogen-bond donors (Lipinski definition) is 1. The minimum absolute atomic E-state index is 0.384. The van der Waals surface area contributed by atoms with Crippen molar-refractivity contribution in [3.63, 3.8) is 0 Å². The van der Waals surface area contributed by atoms with Crippen molar-refractivity contribution in [3.05, 3.63) is 18.7 Å². The van der Waals surface area contributed by atoms with Crippen LogP contribution in [0.2, 0.25) is 0 Å². The first kappa shape index (κ1) is 11.2. The zero-order chi connectivity index (χ0) is 10.4. The number of rotatable bonds is 5. The molecule has 80 valence electrons. The third-order valence-corrected chi connectivity index (χ3v) is 1.98. The summed E-state index contributed by atoms with van der Waals surface area (Å²) in [6.07, 6.45) is 6.85. The number of nitrogens with one attached hydrogen (secondary N) is 1. The molecule has 1 N–H and O–H groups in total. The number of aromatic nitrogens is 2. The molecule has 1 heterocycles. The van der Waals surface area contributed by atoms with Crippen molar-refractivity contribution in [3.8, 4) is 0 Å². The van der Waals surface area contributed by atoms with Crippen molar-refractivity contribution in [2.75, 3.05) is 13.1 Å². The maximum absolute atomic E-state index is 4.00. The van der Waals surface area contributed by atoms with Crippen molar-refractivity contribution in [1.29, 1.82) is 0 Å². The van der Waals surface area contributed by atoms with Crippen LogP contribution in [0.25, 0.3) is 0 Å². The molecule has 1 aromatic rings. The molecule has 0 fully saturated rings. The normalized spacial score (nSPS) is 11.9. The molecule has 0 aromatic carbocycles. The zero-order valence-corrected chi connectivity index (χ0v) is 9.45. The molecular weight excluding hydrogens is 174 g/mol. The summed E-state index contributed by atoms with van der Waals surface area (Å²) in [7, 11) is 0. The predicted molar refractivity (Wildman–Crippen MR) is 59.2 cm³/mol. The summed E-state index contributed by atoms with van der Waals surface area (Å²) < 4.78 is 2.11. The van der Waals surface area contributed by atoms with Crippen LogP contribution in [0, 0.1) is 5.41 Å². The number of nitrogens with zero attached hydrogens (tertiary/aromatic N) is 2. The second-order valence-electron chi connectivity index (χ2n) is 4.89. The van der Waals surface area contributed by atoms with Gasteiger partial charge in [-0.25, -0.2) is 4.98 Å². The van der Waals surface area contributed by atoms with E-state index in [0.29, 0.717) is 5.41 Å². The molecule has 0 spiro atoms. The smallest absolute Gasteiger partial charge is 0.0945 e. The van der Waals surface area contributed by atoms with Gasteiger partial charge in [0.1, 0.15) is 0 Å². The van der Waals surface area contributed by atoms with Crippen LogP contribution in [0.15, 0.2) is 18.7 Å². The van der Waals surface area contributed by atoms with Gasteiger partial charge < -0.3 is 9.88 Å². The summed E-state index contributed by atoms with van der Waals surface area (Å²) in [5.41, 5.74) is 0.384. The number of imidazole rings is 1. The summed E-state index contributed by atoms with van der Waals surface area (Å²) in [5.74, 6) is 0. The third-order valence-electron chi connectivity index (χ3n) is 1.98. The van der Waals surface area contributed by atoms with Crippen LogP contribution in [0.5, 0.6) is 0 Å². The summed E-state index contributed by atoms with van der Waals surface area (Å²) in [6, 6.07) is 0. The lowest BCUT2D eigenvalue weighted by Gasteiger charge is -2.18. The second-order valence-corrected chi connectivity index (χ2v) is 4.89. The van der Waals surface area contributed by atoms with Gasteiger partial charge in [0.25, 0.3) is 0 Å². The largest absolute Gasteiger partial charge is 0.337 e. The Morgan fingerprint density at radius 2 is 2.14 bits per heavy atom. The summed E-state index contributed by atoms with van der Waals surface area (Å²) in [4.78, 5) is 4.00. The molecule has 0 aliphatic heterocycles. The van der Waals surface area contributed by atoms with E-state index in [1.54, 1.807) is 0 Å². The molecule has 3 nitrogen and oxygen atoms in total. The van der Waals surface area contributed by atoms with Crippen molar-refractivity contribution >= 4 is 0 Å². The number of hydrogen-bond acceptors (Lipinski definition) is 2. The van der Waals surface area contributed by atoms with Gasteiger partial charge in [0.05, 0.1) is 6.33 Å². The van der Waals surface area contributed by atoms with E-state index in [4.69, 9.17) is 0 Å². The van der Waals surface area contributed by atoms with Gasteiger partial charge in [-0.1, -0.05) is 20.8 Å². The topological polar surface area (TPSA) is 29.9 Å². The van der Waals surface area contributed by atoms with Crippen LogP contribution in [0.1, 0.15) is 27.2 Å². The Bertz CT molecular complexity index is 234. The molecule has 0 aliphatic rings. The molecule has 0 atom stereocenters. The van der Waals surface area contributed by atoms with Crippen LogP contribution in [0.3, 0.4) is 0 Å². The standard InChI is InChI=1S/C11H21N3/c1-11(2,3)9-12-5-4-7-14-8-6-13-10-14/h6,8,10,12H,4-5,7,9H2,1-3H3. The highest BCUT2D eigenvalue weighted by molar-refractivity contribution is 4.74. The van der Waals surface area contributed by atoms with Crippen LogP contribution in [-0.2, 0) is 6.54 Å². The van der Waals surface area contributed by atoms with Crippen molar-refractivity contribution in [2.24, 2.45) is 5.41 Å². The summed E-state index contributed by atoms with van der Waals surface area (Å²) in [5, 5.41) is 3.45. The Labute approximate surface area is 86.5 Å². The fraction of sp³-hybridized carbons (Fsp3) is 0.727. The molecule has 0 amide bonds. The molecule has 1 aromatic heterocycles. The predicted octanol–water partition coefficient (Wildman–Crippen LogP) is 1.91. The van der Waals surface area contributed by atoms with Gasteiger partial charge in [-0.2, -0.15) is 0 Å². The maximum atomic E-state index is 4.00. The lowest BCUT2D eigenvalue weighted by atomic mass is 9.97. The first-order valence-electron chi connectivity index (χ1n) is 5.24. The Kier molecular flexibility index (Phi) is 4.14. The molecule has 14 heavy (non-hydrogen) atoms. The van der Waals surface area contributed by atoms with Crippen LogP contribution < -0.4 is 5.32 Å². The Hall–Kier alpha value is -0.830. The monoisotopic (exact) mass is 195 g/mol. The van der Waals surface area contributed by atoms with Crippen molar-refractivity contribution in [1.82, 2.24) is 14.9 Å². The molecule has 0 radical (unpaired) electrons. The summed E-state index contributed by atoms with van der Waals surface area (Å²) in [6.45, 7) is 9.95. The first-order valence-corrected chi connectivity index (χ1v) is 5.24. The van der Waals surface area contributed by atoms with Crippen LogP contribution in [-0.4, -0.2) is 22.6 Å². The number of aryl methyl sites for hydroxylation is 1. The molecule has 0 saturated heterocycles. The van der Waals surface area contributed by atoms with E-state index in [1.165, 1.54) is 0 Å². The quantitative estimate of drug-likeness (QED) is 0.727. The molecule has 0 aliphatic carbocycles. The van der Waals surface area contributed by atoms with Gasteiger partial charge in [-0.05, 0) is 24.9 Å². The van der Waals surface area contributed by atoms with Gasteiger partial charge in [0.15, 0.2) is 0 Å². The van der Waals surface area contributed by atoms with E-state index in [2.05, 4.69) is 35.6 Å². The lowest BCUT2D eigenvalue weighted by molar-refractivity contribution is 0.376. The molecule has 3 heteroatoms. The molecule has 1 rings (SSSR count). The average Bonchev–Trinajstić information content (AvgIpc) is 2.54. The second kappa shape index (κ2) is 5.15. The Balaban J connectivity index is 2.00. The highest BCUT2D eigenvalue weighted by Crippen LogP contribution is 2.09. The van der Waals surface area contributed by atoms with E-state index in [0.717, 1.165) is 26.1 Å². The highest BCUT2D eigenvalue weighted by atomic mass is 15.0. The van der Waals surface area contributed by atoms with Crippen LogP contribution in [0.4, 0.5) is 0 Å². The highest BCUT2D eigenvalue weighted by Gasteiger charge is 2.07. The van der Waals surface area contributed by atoms with Gasteiger partial charge in [0, 0.05) is 18.9 Å². The molecule has 0 saturated carbocycles. The average molecular weight is 195 g/mol. The van der Waals surface area contributed by atoms with E-state index in [9.17, 15) is 0 Å². The first-order chi connectivity index (χ1) is 6.58. The Morgan fingerprint density at radius 1 is 1.36 bits per heavy atom. The van der Waals surface area contributed by atoms with Crippen molar-refractivity contribution in [2.45, 2.75) is 33.7 Å². The molecule has 0 bridgehead atoms. The SMILES string of the molecule is CC(C)(C)CNCCCn1ccnc1. The van der Waals surface area contributed by atoms with Gasteiger partial charge in [-0.3, -0.25) is 0 Å². The van der Waals surface area contributed by atoms with Crippen molar-refractivity contribution < 1.29 is 0 Å². The zero-order valence-electron chi connectivity index (χ0n) is 9.45.